The van der Waals surface area contributed by atoms with Gasteiger partial charge in [-0.1, -0.05) is 6.92 Å². The number of ether oxygens (including phenoxy) is 1. The van der Waals surface area contributed by atoms with Gasteiger partial charge in [0.25, 0.3) is 0 Å². The van der Waals surface area contributed by atoms with E-state index in [1.54, 1.807) is 0 Å². The lowest BCUT2D eigenvalue weighted by Crippen LogP contribution is -2.55. The molecule has 7 heteroatoms. The Bertz CT molecular complexity index is 551. The molecule has 3 rings (SSSR count). The standard InChI is InChI=1S/C17H26N4O3/c1-3-13-8-18-16(19-9-13)20-6-4-14(5-7-20)12(2)24-15-10-21(11-15)17(22)23/h8-9,12,14-15H,3-7,10-11H2,1-2H3,(H,22,23). The van der Waals surface area contributed by atoms with E-state index in [4.69, 9.17) is 9.84 Å². The Kier molecular flexibility index (Phi) is 5.18. The van der Waals surface area contributed by atoms with E-state index >= 15 is 0 Å². The summed E-state index contributed by atoms with van der Waals surface area (Å²) < 4.78 is 6.02. The summed E-state index contributed by atoms with van der Waals surface area (Å²) >= 11 is 0. The van der Waals surface area contributed by atoms with Crippen molar-refractivity contribution < 1.29 is 14.6 Å². The van der Waals surface area contributed by atoms with E-state index in [0.717, 1.165) is 43.9 Å². The van der Waals surface area contributed by atoms with Gasteiger partial charge in [0, 0.05) is 25.5 Å². The highest BCUT2D eigenvalue weighted by molar-refractivity contribution is 5.66. The Labute approximate surface area is 142 Å². The van der Waals surface area contributed by atoms with Crippen LogP contribution >= 0.6 is 0 Å². The Balaban J connectivity index is 1.43. The number of rotatable bonds is 5. The van der Waals surface area contributed by atoms with Gasteiger partial charge in [0.15, 0.2) is 0 Å². The molecule has 0 aromatic carbocycles. The molecule has 2 aliphatic rings. The van der Waals surface area contributed by atoms with E-state index in [2.05, 4.69) is 28.7 Å². The van der Waals surface area contributed by atoms with Crippen LogP contribution in [0.1, 0.15) is 32.3 Å². The minimum absolute atomic E-state index is 0.0547. The molecule has 0 spiro atoms. The molecular weight excluding hydrogens is 308 g/mol. The minimum Gasteiger partial charge on any atom is -0.465 e. The number of aryl methyl sites for hydroxylation is 1. The number of piperidine rings is 1. The number of carboxylic acid groups (broad SMARTS) is 1. The predicted molar refractivity (Wildman–Crippen MR) is 90.3 cm³/mol. The van der Waals surface area contributed by atoms with Gasteiger partial charge in [0.1, 0.15) is 0 Å². The number of carbonyl (C=O) groups is 1. The zero-order valence-corrected chi connectivity index (χ0v) is 14.4. The van der Waals surface area contributed by atoms with Gasteiger partial charge in [-0.3, -0.25) is 0 Å². The third kappa shape index (κ3) is 3.77. The molecule has 0 bridgehead atoms. The van der Waals surface area contributed by atoms with Crippen molar-refractivity contribution in [2.45, 2.75) is 45.3 Å². The van der Waals surface area contributed by atoms with Gasteiger partial charge in [-0.2, -0.15) is 0 Å². The minimum atomic E-state index is -0.857. The van der Waals surface area contributed by atoms with E-state index in [0.29, 0.717) is 19.0 Å². The first kappa shape index (κ1) is 17.0. The maximum Gasteiger partial charge on any atom is 0.407 e. The summed E-state index contributed by atoms with van der Waals surface area (Å²) in [6.07, 6.45) is 6.23. The van der Waals surface area contributed by atoms with Crippen molar-refractivity contribution >= 4 is 12.0 Å². The van der Waals surface area contributed by atoms with Gasteiger partial charge in [-0.05, 0) is 37.7 Å². The number of likely N-dealkylation sites (tertiary alicyclic amines) is 1. The smallest absolute Gasteiger partial charge is 0.407 e. The van der Waals surface area contributed by atoms with Crippen LogP contribution in [-0.2, 0) is 11.2 Å². The van der Waals surface area contributed by atoms with Crippen molar-refractivity contribution in [1.82, 2.24) is 14.9 Å². The summed E-state index contributed by atoms with van der Waals surface area (Å²) in [4.78, 5) is 23.3. The molecule has 1 N–H and O–H groups in total. The van der Waals surface area contributed by atoms with Crippen LogP contribution in [0.15, 0.2) is 12.4 Å². The zero-order chi connectivity index (χ0) is 17.1. The summed E-state index contributed by atoms with van der Waals surface area (Å²) in [5.74, 6) is 1.32. The van der Waals surface area contributed by atoms with Crippen LogP contribution in [-0.4, -0.2) is 64.5 Å². The molecule has 2 aliphatic heterocycles. The molecule has 0 saturated carbocycles. The van der Waals surface area contributed by atoms with Crippen molar-refractivity contribution in [3.8, 4) is 0 Å². The van der Waals surface area contributed by atoms with E-state index in [1.165, 1.54) is 4.90 Å². The number of nitrogens with zero attached hydrogens (tertiary/aromatic N) is 4. The average Bonchev–Trinajstić information content (AvgIpc) is 2.57. The Morgan fingerprint density at radius 3 is 2.50 bits per heavy atom. The quantitative estimate of drug-likeness (QED) is 0.887. The highest BCUT2D eigenvalue weighted by Gasteiger charge is 2.34. The zero-order valence-electron chi connectivity index (χ0n) is 14.4. The van der Waals surface area contributed by atoms with E-state index < -0.39 is 6.09 Å². The van der Waals surface area contributed by atoms with Crippen LogP contribution < -0.4 is 4.90 Å². The molecule has 24 heavy (non-hydrogen) atoms. The first-order valence-corrected chi connectivity index (χ1v) is 8.76. The molecule has 2 fully saturated rings. The largest absolute Gasteiger partial charge is 0.465 e. The van der Waals surface area contributed by atoms with Crippen LogP contribution in [0.25, 0.3) is 0 Å². The number of hydrogen-bond donors (Lipinski definition) is 1. The van der Waals surface area contributed by atoms with Gasteiger partial charge in [0.2, 0.25) is 5.95 Å². The maximum atomic E-state index is 10.8. The van der Waals surface area contributed by atoms with Gasteiger partial charge >= 0.3 is 6.09 Å². The monoisotopic (exact) mass is 334 g/mol. The lowest BCUT2D eigenvalue weighted by atomic mass is 9.92. The molecular formula is C17H26N4O3. The average molecular weight is 334 g/mol. The number of hydrogen-bond acceptors (Lipinski definition) is 5. The Hall–Kier alpha value is -1.89. The fourth-order valence-corrected chi connectivity index (χ4v) is 3.36. The van der Waals surface area contributed by atoms with Gasteiger partial charge in [-0.15, -0.1) is 0 Å². The fraction of sp³-hybridized carbons (Fsp3) is 0.706. The molecule has 7 nitrogen and oxygen atoms in total. The van der Waals surface area contributed by atoms with Gasteiger partial charge < -0.3 is 19.6 Å². The molecule has 1 aromatic rings. The van der Waals surface area contributed by atoms with E-state index in [9.17, 15) is 4.79 Å². The SMILES string of the molecule is CCc1cnc(N2CCC(C(C)OC3CN(C(=O)O)C3)CC2)nc1. The highest BCUT2D eigenvalue weighted by Crippen LogP contribution is 2.26. The molecule has 132 valence electrons. The molecule has 3 heterocycles. The fourth-order valence-electron chi connectivity index (χ4n) is 3.36. The number of aromatic nitrogens is 2. The molecule has 2 saturated heterocycles. The molecule has 1 unspecified atom stereocenters. The van der Waals surface area contributed by atoms with Crippen molar-refractivity contribution in [3.05, 3.63) is 18.0 Å². The first-order valence-electron chi connectivity index (χ1n) is 8.76. The van der Waals surface area contributed by atoms with Crippen LogP contribution in [0.4, 0.5) is 10.7 Å². The summed E-state index contributed by atoms with van der Waals surface area (Å²) in [6, 6.07) is 0. The Morgan fingerprint density at radius 2 is 1.96 bits per heavy atom. The third-order valence-corrected chi connectivity index (χ3v) is 5.11. The second kappa shape index (κ2) is 7.34. The maximum absolute atomic E-state index is 10.8. The molecule has 1 amide bonds. The van der Waals surface area contributed by atoms with Crippen LogP contribution in [0.3, 0.4) is 0 Å². The summed E-state index contributed by atoms with van der Waals surface area (Å²) in [5, 5.41) is 8.86. The predicted octanol–water partition coefficient (Wildman–Crippen LogP) is 2.02. The molecule has 0 radical (unpaired) electrons. The van der Waals surface area contributed by atoms with Crippen LogP contribution in [0, 0.1) is 5.92 Å². The van der Waals surface area contributed by atoms with Gasteiger partial charge in [-0.25, -0.2) is 14.8 Å². The topological polar surface area (TPSA) is 78.8 Å². The number of amides is 1. The highest BCUT2D eigenvalue weighted by atomic mass is 16.5. The molecule has 1 aromatic heterocycles. The normalized spacial score (nSPS) is 20.8. The summed E-state index contributed by atoms with van der Waals surface area (Å²) in [7, 11) is 0. The van der Waals surface area contributed by atoms with Crippen molar-refractivity contribution in [3.63, 3.8) is 0 Å². The van der Waals surface area contributed by atoms with Crippen molar-refractivity contribution in [2.24, 2.45) is 5.92 Å². The first-order chi connectivity index (χ1) is 11.6. The number of anilines is 1. The molecule has 0 aliphatic carbocycles. The summed E-state index contributed by atoms with van der Waals surface area (Å²) in [6.45, 7) is 7.08. The third-order valence-electron chi connectivity index (χ3n) is 5.11. The van der Waals surface area contributed by atoms with Crippen LogP contribution in [0.5, 0.6) is 0 Å². The van der Waals surface area contributed by atoms with Crippen molar-refractivity contribution in [2.75, 3.05) is 31.1 Å². The lowest BCUT2D eigenvalue weighted by molar-refractivity contribution is -0.0970. The van der Waals surface area contributed by atoms with Crippen LogP contribution in [0.2, 0.25) is 0 Å². The van der Waals surface area contributed by atoms with Gasteiger partial charge in [0.05, 0.1) is 25.3 Å². The van der Waals surface area contributed by atoms with E-state index in [-0.39, 0.29) is 12.2 Å². The molecule has 1 atom stereocenters. The second-order valence-electron chi connectivity index (χ2n) is 6.72. The second-order valence-corrected chi connectivity index (χ2v) is 6.72. The van der Waals surface area contributed by atoms with E-state index in [1.807, 2.05) is 12.4 Å². The lowest BCUT2D eigenvalue weighted by Gasteiger charge is -2.41. The summed E-state index contributed by atoms with van der Waals surface area (Å²) in [5.41, 5.74) is 1.16. The van der Waals surface area contributed by atoms with Crippen molar-refractivity contribution in [1.29, 1.82) is 0 Å². The Morgan fingerprint density at radius 1 is 1.33 bits per heavy atom.